The largest absolute Gasteiger partial charge is 0.389 e. The van der Waals surface area contributed by atoms with E-state index in [1.807, 2.05) is 18.2 Å². The molecule has 0 saturated carbocycles. The van der Waals surface area contributed by atoms with Gasteiger partial charge in [-0.05, 0) is 58.1 Å². The number of anilines is 2. The molecule has 2 aromatic rings. The summed E-state index contributed by atoms with van der Waals surface area (Å²) >= 11 is 8.55. The van der Waals surface area contributed by atoms with E-state index in [9.17, 15) is 0 Å². The highest BCUT2D eigenvalue weighted by atomic mass is 79.9. The maximum Gasteiger partial charge on any atom is 0.105 e. The Hall–Kier alpha value is -1.39. The van der Waals surface area contributed by atoms with Gasteiger partial charge in [0.1, 0.15) is 4.99 Å². The first-order chi connectivity index (χ1) is 9.90. The van der Waals surface area contributed by atoms with Crippen molar-refractivity contribution >= 4 is 44.5 Å². The van der Waals surface area contributed by atoms with Gasteiger partial charge in [0.15, 0.2) is 0 Å². The third kappa shape index (κ3) is 3.63. The fourth-order valence-electron chi connectivity index (χ4n) is 2.28. The Morgan fingerprint density at radius 2 is 1.95 bits per heavy atom. The summed E-state index contributed by atoms with van der Waals surface area (Å²) in [4.78, 5) is 0.396. The fourth-order valence-corrected chi connectivity index (χ4v) is 3.18. The highest BCUT2D eigenvalue weighted by molar-refractivity contribution is 9.10. The van der Waals surface area contributed by atoms with Gasteiger partial charge in [0.2, 0.25) is 0 Å². The Bertz CT molecular complexity index is 680. The third-order valence-corrected chi connectivity index (χ3v) is 4.31. The van der Waals surface area contributed by atoms with Gasteiger partial charge in [-0.2, -0.15) is 0 Å². The molecule has 0 radical (unpaired) electrons. The normalized spacial score (nSPS) is 10.7. The minimum Gasteiger partial charge on any atom is -0.389 e. The van der Waals surface area contributed by atoms with Crippen LogP contribution in [0.15, 0.2) is 40.9 Å². The van der Waals surface area contributed by atoms with Crippen molar-refractivity contribution in [2.45, 2.75) is 26.7 Å². The average Bonchev–Trinajstić information content (AvgIpc) is 2.40. The molecule has 21 heavy (non-hydrogen) atoms. The molecule has 0 bridgehead atoms. The molecule has 2 rings (SSSR count). The molecule has 0 unspecified atom stereocenters. The molecule has 0 saturated heterocycles. The summed E-state index contributed by atoms with van der Waals surface area (Å²) in [5, 5.41) is 3.52. The number of rotatable bonds is 4. The van der Waals surface area contributed by atoms with Crippen molar-refractivity contribution in [1.29, 1.82) is 0 Å². The summed E-state index contributed by atoms with van der Waals surface area (Å²) in [6, 6.07) is 12.3. The second-order valence-electron chi connectivity index (χ2n) is 5.38. The van der Waals surface area contributed by atoms with Gasteiger partial charge in [-0.25, -0.2) is 0 Å². The SMILES string of the molecule is Cc1cccc(C(C)C)c1Nc1ccc(C(N)=S)c(Br)c1. The van der Waals surface area contributed by atoms with Crippen molar-refractivity contribution in [1.82, 2.24) is 0 Å². The quantitative estimate of drug-likeness (QED) is 0.728. The standard InChI is InChI=1S/C17H19BrN2S/c1-10(2)13-6-4-5-11(3)16(13)20-12-7-8-14(17(19)21)15(18)9-12/h4-10,20H,1-3H3,(H2,19,21). The summed E-state index contributed by atoms with van der Waals surface area (Å²) in [6.07, 6.45) is 0. The van der Waals surface area contributed by atoms with Crippen LogP contribution < -0.4 is 11.1 Å². The summed E-state index contributed by atoms with van der Waals surface area (Å²) in [7, 11) is 0. The molecule has 3 N–H and O–H groups in total. The molecular weight excluding hydrogens is 344 g/mol. The van der Waals surface area contributed by atoms with Crippen molar-refractivity contribution < 1.29 is 0 Å². The minimum absolute atomic E-state index is 0.396. The van der Waals surface area contributed by atoms with Gasteiger partial charge < -0.3 is 11.1 Å². The summed E-state index contributed by atoms with van der Waals surface area (Å²) in [5.41, 5.74) is 11.3. The lowest BCUT2D eigenvalue weighted by Crippen LogP contribution is -2.10. The molecule has 0 heterocycles. The molecule has 0 aliphatic rings. The predicted octanol–water partition coefficient (Wildman–Crippen LogP) is 5.26. The Morgan fingerprint density at radius 1 is 1.24 bits per heavy atom. The number of halogens is 1. The molecule has 0 aliphatic heterocycles. The van der Waals surface area contributed by atoms with Crippen molar-refractivity contribution in [2.24, 2.45) is 5.73 Å². The lowest BCUT2D eigenvalue weighted by Gasteiger charge is -2.18. The zero-order chi connectivity index (χ0) is 15.6. The van der Waals surface area contributed by atoms with Gasteiger partial charge in [0.05, 0.1) is 0 Å². The number of para-hydroxylation sites is 1. The van der Waals surface area contributed by atoms with Crippen LogP contribution in [-0.4, -0.2) is 4.99 Å². The van der Waals surface area contributed by atoms with E-state index in [4.69, 9.17) is 18.0 Å². The summed E-state index contributed by atoms with van der Waals surface area (Å²) < 4.78 is 0.902. The second kappa shape index (κ2) is 6.58. The van der Waals surface area contributed by atoms with Gasteiger partial charge in [0.25, 0.3) is 0 Å². The van der Waals surface area contributed by atoms with Crippen LogP contribution in [0.3, 0.4) is 0 Å². The first-order valence-corrected chi connectivity index (χ1v) is 8.06. The second-order valence-corrected chi connectivity index (χ2v) is 6.67. The van der Waals surface area contributed by atoms with Gasteiger partial charge in [0, 0.05) is 21.4 Å². The first kappa shape index (κ1) is 16.0. The van der Waals surface area contributed by atoms with Crippen LogP contribution in [0, 0.1) is 6.92 Å². The van der Waals surface area contributed by atoms with Crippen LogP contribution in [0.2, 0.25) is 0 Å². The Labute approximate surface area is 139 Å². The molecule has 4 heteroatoms. The van der Waals surface area contributed by atoms with Gasteiger partial charge in [-0.15, -0.1) is 0 Å². The number of aryl methyl sites for hydroxylation is 1. The number of thiocarbonyl (C=S) groups is 1. The zero-order valence-corrected chi connectivity index (χ0v) is 14.8. The number of nitrogens with one attached hydrogen (secondary N) is 1. The highest BCUT2D eigenvalue weighted by Crippen LogP contribution is 2.31. The summed E-state index contributed by atoms with van der Waals surface area (Å²) in [6.45, 7) is 6.52. The maximum atomic E-state index is 5.69. The van der Waals surface area contributed by atoms with Gasteiger partial charge >= 0.3 is 0 Å². The Balaban J connectivity index is 2.39. The maximum absolute atomic E-state index is 5.69. The molecule has 2 aromatic carbocycles. The molecule has 0 aromatic heterocycles. The monoisotopic (exact) mass is 362 g/mol. The van der Waals surface area contributed by atoms with E-state index >= 15 is 0 Å². The molecule has 0 atom stereocenters. The lowest BCUT2D eigenvalue weighted by molar-refractivity contribution is 0.867. The Kier molecular flexibility index (Phi) is 5.01. The van der Waals surface area contributed by atoms with Gasteiger partial charge in [-0.1, -0.05) is 44.3 Å². The predicted molar refractivity (Wildman–Crippen MR) is 98.6 cm³/mol. The molecular formula is C17H19BrN2S. The Morgan fingerprint density at radius 3 is 2.52 bits per heavy atom. The number of nitrogens with two attached hydrogens (primary N) is 1. The fraction of sp³-hybridized carbons (Fsp3) is 0.235. The van der Waals surface area contributed by atoms with Crippen LogP contribution in [-0.2, 0) is 0 Å². The van der Waals surface area contributed by atoms with E-state index in [1.165, 1.54) is 16.8 Å². The van der Waals surface area contributed by atoms with Crippen LogP contribution in [0.4, 0.5) is 11.4 Å². The minimum atomic E-state index is 0.396. The molecule has 0 aliphatic carbocycles. The average molecular weight is 363 g/mol. The van der Waals surface area contributed by atoms with Crippen LogP contribution >= 0.6 is 28.1 Å². The topological polar surface area (TPSA) is 38.0 Å². The van der Waals surface area contributed by atoms with E-state index in [0.29, 0.717) is 10.9 Å². The smallest absolute Gasteiger partial charge is 0.105 e. The number of hydrogen-bond donors (Lipinski definition) is 2. The van der Waals surface area contributed by atoms with Crippen LogP contribution in [0.1, 0.15) is 36.5 Å². The van der Waals surface area contributed by atoms with Crippen molar-refractivity contribution in [2.75, 3.05) is 5.32 Å². The zero-order valence-electron chi connectivity index (χ0n) is 12.4. The van der Waals surface area contributed by atoms with E-state index in [2.05, 4.69) is 60.2 Å². The molecule has 0 fully saturated rings. The van der Waals surface area contributed by atoms with Crippen molar-refractivity contribution in [3.05, 3.63) is 57.6 Å². The third-order valence-electron chi connectivity index (χ3n) is 3.43. The molecule has 110 valence electrons. The van der Waals surface area contributed by atoms with Crippen molar-refractivity contribution in [3.63, 3.8) is 0 Å². The number of hydrogen-bond acceptors (Lipinski definition) is 2. The molecule has 0 spiro atoms. The summed E-state index contributed by atoms with van der Waals surface area (Å²) in [5.74, 6) is 0.465. The first-order valence-electron chi connectivity index (χ1n) is 6.86. The highest BCUT2D eigenvalue weighted by Gasteiger charge is 2.10. The van der Waals surface area contributed by atoms with E-state index in [1.54, 1.807) is 0 Å². The van der Waals surface area contributed by atoms with E-state index in [0.717, 1.165) is 15.7 Å². The number of benzene rings is 2. The van der Waals surface area contributed by atoms with Crippen molar-refractivity contribution in [3.8, 4) is 0 Å². The van der Waals surface area contributed by atoms with Crippen LogP contribution in [0.5, 0.6) is 0 Å². The lowest BCUT2D eigenvalue weighted by atomic mass is 9.98. The molecule has 0 amide bonds. The van der Waals surface area contributed by atoms with E-state index in [-0.39, 0.29) is 0 Å². The van der Waals surface area contributed by atoms with Gasteiger partial charge in [-0.3, -0.25) is 0 Å². The molecule has 2 nitrogen and oxygen atoms in total. The van der Waals surface area contributed by atoms with E-state index < -0.39 is 0 Å². The van der Waals surface area contributed by atoms with Crippen LogP contribution in [0.25, 0.3) is 0 Å².